The molecule has 0 atom stereocenters. The maximum atomic E-state index is 9.67. The third-order valence-electron chi connectivity index (χ3n) is 2.49. The second-order valence-corrected chi connectivity index (χ2v) is 3.85. The number of nitrogens with one attached hydrogen (secondary N) is 1. The Morgan fingerprint density at radius 2 is 1.81 bits per heavy atom. The van der Waals surface area contributed by atoms with Crippen LogP contribution in [0, 0.1) is 6.92 Å². The van der Waals surface area contributed by atoms with Crippen molar-refractivity contribution in [3.63, 3.8) is 0 Å². The van der Waals surface area contributed by atoms with Gasteiger partial charge in [0.1, 0.15) is 5.75 Å². The highest BCUT2D eigenvalue weighted by molar-refractivity contribution is 5.45. The summed E-state index contributed by atoms with van der Waals surface area (Å²) in [6, 6.07) is 15.6. The monoisotopic (exact) mass is 213 g/mol. The normalized spacial score (nSPS) is 10.1. The van der Waals surface area contributed by atoms with Crippen LogP contribution in [0.25, 0.3) is 0 Å². The van der Waals surface area contributed by atoms with E-state index in [1.54, 1.807) is 6.07 Å². The zero-order chi connectivity index (χ0) is 11.4. The zero-order valence-electron chi connectivity index (χ0n) is 9.27. The SMILES string of the molecule is Cc1ccc(O)c(CNc2ccccc2)c1. The third-order valence-corrected chi connectivity index (χ3v) is 2.49. The maximum Gasteiger partial charge on any atom is 0.120 e. The highest BCUT2D eigenvalue weighted by atomic mass is 16.3. The second-order valence-electron chi connectivity index (χ2n) is 3.85. The Labute approximate surface area is 95.6 Å². The van der Waals surface area contributed by atoms with Crippen molar-refractivity contribution in [2.75, 3.05) is 5.32 Å². The van der Waals surface area contributed by atoms with E-state index in [4.69, 9.17) is 0 Å². The molecule has 16 heavy (non-hydrogen) atoms. The van der Waals surface area contributed by atoms with Crippen LogP contribution in [0.3, 0.4) is 0 Å². The van der Waals surface area contributed by atoms with Crippen LogP contribution < -0.4 is 5.32 Å². The molecule has 0 saturated carbocycles. The van der Waals surface area contributed by atoms with Gasteiger partial charge in [-0.1, -0.05) is 35.9 Å². The molecule has 0 saturated heterocycles. The van der Waals surface area contributed by atoms with E-state index in [-0.39, 0.29) is 0 Å². The fourth-order valence-electron chi connectivity index (χ4n) is 1.61. The minimum Gasteiger partial charge on any atom is -0.508 e. The van der Waals surface area contributed by atoms with Gasteiger partial charge in [0.25, 0.3) is 0 Å². The van der Waals surface area contributed by atoms with Crippen molar-refractivity contribution in [3.8, 4) is 5.75 Å². The molecule has 2 N–H and O–H groups in total. The molecule has 0 radical (unpaired) electrons. The van der Waals surface area contributed by atoms with E-state index in [9.17, 15) is 5.11 Å². The summed E-state index contributed by atoms with van der Waals surface area (Å²) in [5.41, 5.74) is 3.13. The molecule has 0 bridgehead atoms. The third kappa shape index (κ3) is 2.54. The van der Waals surface area contributed by atoms with Crippen LogP contribution in [-0.2, 0) is 6.54 Å². The van der Waals surface area contributed by atoms with Gasteiger partial charge in [-0.3, -0.25) is 0 Å². The Balaban J connectivity index is 2.08. The van der Waals surface area contributed by atoms with Crippen molar-refractivity contribution in [2.24, 2.45) is 0 Å². The van der Waals surface area contributed by atoms with Gasteiger partial charge in [-0.15, -0.1) is 0 Å². The average Bonchev–Trinajstić information content (AvgIpc) is 2.32. The lowest BCUT2D eigenvalue weighted by atomic mass is 10.1. The summed E-state index contributed by atoms with van der Waals surface area (Å²) in [4.78, 5) is 0. The van der Waals surface area contributed by atoms with Crippen LogP contribution in [-0.4, -0.2) is 5.11 Å². The quantitative estimate of drug-likeness (QED) is 0.819. The maximum absolute atomic E-state index is 9.67. The molecule has 0 fully saturated rings. The number of benzene rings is 2. The van der Waals surface area contributed by atoms with E-state index in [1.165, 1.54) is 0 Å². The van der Waals surface area contributed by atoms with Crippen molar-refractivity contribution in [1.29, 1.82) is 0 Å². The van der Waals surface area contributed by atoms with E-state index in [0.717, 1.165) is 16.8 Å². The molecule has 0 amide bonds. The molecule has 0 aliphatic carbocycles. The van der Waals surface area contributed by atoms with Crippen LogP contribution in [0.15, 0.2) is 48.5 Å². The first-order valence-corrected chi connectivity index (χ1v) is 5.33. The van der Waals surface area contributed by atoms with Gasteiger partial charge < -0.3 is 10.4 Å². The summed E-state index contributed by atoms with van der Waals surface area (Å²) in [5, 5.41) is 12.9. The number of rotatable bonds is 3. The summed E-state index contributed by atoms with van der Waals surface area (Å²) in [7, 11) is 0. The molecule has 2 rings (SSSR count). The predicted molar refractivity (Wildman–Crippen MR) is 66.6 cm³/mol. The van der Waals surface area contributed by atoms with Gasteiger partial charge in [-0.2, -0.15) is 0 Å². The number of aryl methyl sites for hydroxylation is 1. The molecule has 2 nitrogen and oxygen atoms in total. The number of aromatic hydroxyl groups is 1. The Morgan fingerprint density at radius 3 is 2.56 bits per heavy atom. The molecule has 0 aliphatic heterocycles. The van der Waals surface area contributed by atoms with Crippen molar-refractivity contribution in [3.05, 3.63) is 59.7 Å². The van der Waals surface area contributed by atoms with Crippen molar-refractivity contribution in [1.82, 2.24) is 0 Å². The molecule has 0 unspecified atom stereocenters. The number of hydrogen-bond donors (Lipinski definition) is 2. The number of anilines is 1. The highest BCUT2D eigenvalue weighted by Gasteiger charge is 2.00. The number of phenols is 1. The molecular formula is C14H15NO. The Bertz CT molecular complexity index is 465. The molecular weight excluding hydrogens is 198 g/mol. The smallest absolute Gasteiger partial charge is 0.120 e. The molecule has 0 aliphatic rings. The van der Waals surface area contributed by atoms with Crippen LogP contribution in [0.1, 0.15) is 11.1 Å². The van der Waals surface area contributed by atoms with E-state index < -0.39 is 0 Å². The van der Waals surface area contributed by atoms with Crippen molar-refractivity contribution in [2.45, 2.75) is 13.5 Å². The Hall–Kier alpha value is -1.96. The number of para-hydroxylation sites is 1. The predicted octanol–water partition coefficient (Wildman–Crippen LogP) is 3.31. The van der Waals surface area contributed by atoms with Crippen LogP contribution >= 0.6 is 0 Å². The van der Waals surface area contributed by atoms with Gasteiger partial charge in [-0.05, 0) is 25.1 Å². The molecule has 2 aromatic rings. The molecule has 82 valence electrons. The molecule has 0 heterocycles. The standard InChI is InChI=1S/C14H15NO/c1-11-7-8-14(16)12(9-11)10-15-13-5-3-2-4-6-13/h2-9,15-16H,10H2,1H3. The van der Waals surface area contributed by atoms with Crippen molar-refractivity contribution < 1.29 is 5.11 Å². The van der Waals surface area contributed by atoms with Crippen LogP contribution in [0.5, 0.6) is 5.75 Å². The molecule has 2 heteroatoms. The second kappa shape index (κ2) is 4.71. The Morgan fingerprint density at radius 1 is 1.06 bits per heavy atom. The summed E-state index contributed by atoms with van der Waals surface area (Å²) in [5.74, 6) is 0.342. The first kappa shape index (κ1) is 10.6. The fourth-order valence-corrected chi connectivity index (χ4v) is 1.61. The first-order chi connectivity index (χ1) is 7.75. The minimum atomic E-state index is 0.342. The van der Waals surface area contributed by atoms with E-state index in [0.29, 0.717) is 12.3 Å². The largest absolute Gasteiger partial charge is 0.508 e. The summed E-state index contributed by atoms with van der Waals surface area (Å²) in [6.07, 6.45) is 0. The van der Waals surface area contributed by atoms with Gasteiger partial charge in [-0.25, -0.2) is 0 Å². The molecule has 0 aromatic heterocycles. The van der Waals surface area contributed by atoms with Gasteiger partial charge >= 0.3 is 0 Å². The van der Waals surface area contributed by atoms with Gasteiger partial charge in [0, 0.05) is 17.8 Å². The summed E-state index contributed by atoms with van der Waals surface area (Å²) >= 11 is 0. The van der Waals surface area contributed by atoms with Gasteiger partial charge in [0.2, 0.25) is 0 Å². The van der Waals surface area contributed by atoms with Crippen LogP contribution in [0.4, 0.5) is 5.69 Å². The number of phenolic OH excluding ortho intramolecular Hbond substituents is 1. The van der Waals surface area contributed by atoms with Gasteiger partial charge in [0.15, 0.2) is 0 Å². The lowest BCUT2D eigenvalue weighted by Gasteiger charge is -2.08. The van der Waals surface area contributed by atoms with Gasteiger partial charge in [0.05, 0.1) is 0 Å². The molecule has 2 aromatic carbocycles. The lowest BCUT2D eigenvalue weighted by Crippen LogP contribution is -1.99. The minimum absolute atomic E-state index is 0.342. The summed E-state index contributed by atoms with van der Waals surface area (Å²) in [6.45, 7) is 2.66. The van der Waals surface area contributed by atoms with E-state index >= 15 is 0 Å². The van der Waals surface area contributed by atoms with Crippen LogP contribution in [0.2, 0.25) is 0 Å². The summed E-state index contributed by atoms with van der Waals surface area (Å²) < 4.78 is 0. The Kier molecular flexibility index (Phi) is 3.10. The number of hydrogen-bond acceptors (Lipinski definition) is 2. The zero-order valence-corrected chi connectivity index (χ0v) is 9.27. The fraction of sp³-hybridized carbons (Fsp3) is 0.143. The highest BCUT2D eigenvalue weighted by Crippen LogP contribution is 2.19. The molecule has 0 spiro atoms. The average molecular weight is 213 g/mol. The lowest BCUT2D eigenvalue weighted by molar-refractivity contribution is 0.469. The van der Waals surface area contributed by atoms with E-state index in [1.807, 2.05) is 49.4 Å². The first-order valence-electron chi connectivity index (χ1n) is 5.33. The topological polar surface area (TPSA) is 32.3 Å². The van der Waals surface area contributed by atoms with E-state index in [2.05, 4.69) is 5.32 Å². The van der Waals surface area contributed by atoms with Crippen molar-refractivity contribution >= 4 is 5.69 Å².